The van der Waals surface area contributed by atoms with Gasteiger partial charge in [-0.1, -0.05) is 30.3 Å². The number of amides is 1. The van der Waals surface area contributed by atoms with Crippen LogP contribution >= 0.6 is 0 Å². The Kier molecular flexibility index (Phi) is 6.05. The molecule has 1 aliphatic heterocycles. The predicted molar refractivity (Wildman–Crippen MR) is 140 cm³/mol. The van der Waals surface area contributed by atoms with Crippen LogP contribution in [0.1, 0.15) is 34.3 Å². The number of nitrogens with zero attached hydrogens (tertiary/aromatic N) is 6. The Hall–Kier alpha value is -4.24. The first-order chi connectivity index (χ1) is 18.1. The molecule has 8 nitrogen and oxygen atoms in total. The summed E-state index contributed by atoms with van der Waals surface area (Å²) in [6.07, 6.45) is 5.08. The van der Waals surface area contributed by atoms with E-state index >= 15 is 4.39 Å². The molecule has 0 bridgehead atoms. The number of aromatic nitrogens is 5. The van der Waals surface area contributed by atoms with E-state index in [0.717, 1.165) is 35.7 Å². The Morgan fingerprint density at radius 3 is 2.81 bits per heavy atom. The second-order valence-electron chi connectivity index (χ2n) is 9.34. The third-order valence-corrected chi connectivity index (χ3v) is 6.88. The highest BCUT2D eigenvalue weighted by Gasteiger charge is 2.32. The highest BCUT2D eigenvalue weighted by Crippen LogP contribution is 2.32. The summed E-state index contributed by atoms with van der Waals surface area (Å²) in [4.78, 5) is 26.1. The molecule has 0 radical (unpaired) electrons. The normalized spacial score (nSPS) is 15.8. The molecular formula is C28H26FN7O. The second-order valence-corrected chi connectivity index (χ2v) is 9.34. The highest BCUT2D eigenvalue weighted by atomic mass is 19.1. The van der Waals surface area contributed by atoms with Gasteiger partial charge >= 0.3 is 0 Å². The summed E-state index contributed by atoms with van der Waals surface area (Å²) in [7, 11) is 0. The van der Waals surface area contributed by atoms with E-state index in [9.17, 15) is 4.79 Å². The fraction of sp³-hybridized carbons (Fsp3) is 0.250. The highest BCUT2D eigenvalue weighted by molar-refractivity contribution is 6.11. The van der Waals surface area contributed by atoms with Gasteiger partial charge in [0, 0.05) is 29.9 Å². The lowest BCUT2D eigenvalue weighted by molar-refractivity contribution is 0.0967. The monoisotopic (exact) mass is 495 g/mol. The van der Waals surface area contributed by atoms with Crippen LogP contribution in [0.5, 0.6) is 0 Å². The number of carbonyl (C=O) groups is 1. The molecule has 3 aromatic heterocycles. The number of nitrogens with one attached hydrogen (secondary N) is 1. The van der Waals surface area contributed by atoms with Crippen LogP contribution in [0.3, 0.4) is 0 Å². The number of fused-ring (bicyclic) bond motifs is 2. The molecule has 2 aromatic carbocycles. The lowest BCUT2D eigenvalue weighted by Gasteiger charge is -2.35. The third-order valence-electron chi connectivity index (χ3n) is 6.88. The number of piperidine rings is 1. The molecule has 9 heteroatoms. The number of pyridine rings is 2. The first-order valence-electron chi connectivity index (χ1n) is 12.4. The minimum atomic E-state index is -0.576. The van der Waals surface area contributed by atoms with Crippen molar-refractivity contribution in [2.45, 2.75) is 32.4 Å². The molecule has 0 aliphatic carbocycles. The Labute approximate surface area is 213 Å². The van der Waals surface area contributed by atoms with E-state index < -0.39 is 11.7 Å². The first kappa shape index (κ1) is 23.2. The summed E-state index contributed by atoms with van der Waals surface area (Å²) in [6, 6.07) is 16.3. The molecule has 37 heavy (non-hydrogen) atoms. The molecule has 1 aliphatic rings. The molecule has 1 N–H and O–H groups in total. The van der Waals surface area contributed by atoms with Gasteiger partial charge in [-0.15, -0.1) is 5.10 Å². The minimum Gasteiger partial charge on any atom is -0.315 e. The van der Waals surface area contributed by atoms with Crippen LogP contribution in [-0.2, 0) is 6.54 Å². The third kappa shape index (κ3) is 4.31. The molecule has 186 valence electrons. The van der Waals surface area contributed by atoms with Crippen molar-refractivity contribution in [1.29, 1.82) is 0 Å². The van der Waals surface area contributed by atoms with E-state index in [4.69, 9.17) is 0 Å². The standard InChI is InChI=1S/C28H26FN7O/c1-18-6-2-7-19-12-15-32-27(24(18)19)36(21-9-4-13-30-16-21)28(37)22-10-3-8-20(25(22)29)17-35-33-23-11-5-14-31-26(23)34-35/h2-3,5-8,10-12,14-15,21,30H,4,9,13,16-17H2,1H3/t21-/m1/s1. The maximum Gasteiger partial charge on any atom is 0.262 e. The Morgan fingerprint density at radius 1 is 1.08 bits per heavy atom. The smallest absolute Gasteiger partial charge is 0.262 e. The minimum absolute atomic E-state index is 0.00490. The molecule has 1 atom stereocenters. The number of hydrogen-bond donors (Lipinski definition) is 1. The fourth-order valence-corrected chi connectivity index (χ4v) is 5.08. The lowest BCUT2D eigenvalue weighted by atomic mass is 10.0. The van der Waals surface area contributed by atoms with E-state index in [1.54, 1.807) is 41.6 Å². The van der Waals surface area contributed by atoms with Crippen LogP contribution in [0.2, 0.25) is 0 Å². The van der Waals surface area contributed by atoms with Gasteiger partial charge in [0.05, 0.1) is 18.2 Å². The Morgan fingerprint density at radius 2 is 1.97 bits per heavy atom. The van der Waals surface area contributed by atoms with E-state index in [2.05, 4.69) is 25.5 Å². The van der Waals surface area contributed by atoms with Crippen molar-refractivity contribution in [3.8, 4) is 0 Å². The number of benzene rings is 2. The topological polar surface area (TPSA) is 88.8 Å². The van der Waals surface area contributed by atoms with Gasteiger partial charge in [0.25, 0.3) is 5.91 Å². The molecule has 5 aromatic rings. The van der Waals surface area contributed by atoms with Gasteiger partial charge in [0.15, 0.2) is 0 Å². The number of rotatable bonds is 5. The molecule has 6 rings (SSSR count). The molecule has 1 saturated heterocycles. The number of halogens is 1. The lowest BCUT2D eigenvalue weighted by Crippen LogP contribution is -2.49. The summed E-state index contributed by atoms with van der Waals surface area (Å²) >= 11 is 0. The van der Waals surface area contributed by atoms with Gasteiger partial charge in [0.1, 0.15) is 17.2 Å². The summed E-state index contributed by atoms with van der Waals surface area (Å²) < 4.78 is 15.9. The maximum absolute atomic E-state index is 15.9. The second kappa shape index (κ2) is 9.67. The van der Waals surface area contributed by atoms with E-state index in [1.165, 1.54) is 10.9 Å². The molecule has 1 fully saturated rings. The van der Waals surface area contributed by atoms with Crippen molar-refractivity contribution < 1.29 is 9.18 Å². The van der Waals surface area contributed by atoms with Gasteiger partial charge < -0.3 is 5.32 Å². The SMILES string of the molecule is Cc1cccc2ccnc(N(C(=O)c3cccc(Cn4nc5cccnc5n4)c3F)[C@@H]3CCCNC3)c12. The zero-order chi connectivity index (χ0) is 25.4. The zero-order valence-corrected chi connectivity index (χ0v) is 20.4. The van der Waals surface area contributed by atoms with Crippen LogP contribution < -0.4 is 10.2 Å². The molecule has 1 amide bonds. The van der Waals surface area contributed by atoms with E-state index in [-0.39, 0.29) is 18.2 Å². The molecule has 0 unspecified atom stereocenters. The van der Waals surface area contributed by atoms with Crippen LogP contribution in [0.15, 0.2) is 67.0 Å². The van der Waals surface area contributed by atoms with Gasteiger partial charge in [-0.3, -0.25) is 9.69 Å². The van der Waals surface area contributed by atoms with Gasteiger partial charge in [0.2, 0.25) is 5.65 Å². The summed E-state index contributed by atoms with van der Waals surface area (Å²) in [6.45, 7) is 3.60. The van der Waals surface area contributed by atoms with Crippen LogP contribution in [-0.4, -0.2) is 50.0 Å². The summed E-state index contributed by atoms with van der Waals surface area (Å²) in [5.74, 6) is -0.422. The van der Waals surface area contributed by atoms with Gasteiger partial charge in [-0.2, -0.15) is 9.90 Å². The first-order valence-corrected chi connectivity index (χ1v) is 12.4. The van der Waals surface area contributed by atoms with Crippen molar-refractivity contribution in [3.63, 3.8) is 0 Å². The summed E-state index contributed by atoms with van der Waals surface area (Å²) in [5, 5.41) is 14.0. The maximum atomic E-state index is 15.9. The van der Waals surface area contributed by atoms with Crippen molar-refractivity contribution in [2.75, 3.05) is 18.0 Å². The largest absolute Gasteiger partial charge is 0.315 e. The molecule has 4 heterocycles. The number of anilines is 1. The zero-order valence-electron chi connectivity index (χ0n) is 20.4. The Bertz CT molecular complexity index is 1570. The molecular weight excluding hydrogens is 469 g/mol. The quantitative estimate of drug-likeness (QED) is 0.392. The molecule has 0 saturated carbocycles. The van der Waals surface area contributed by atoms with Crippen LogP contribution in [0.25, 0.3) is 21.9 Å². The van der Waals surface area contributed by atoms with Gasteiger partial charge in [-0.25, -0.2) is 14.4 Å². The van der Waals surface area contributed by atoms with Crippen LogP contribution in [0.4, 0.5) is 10.2 Å². The van der Waals surface area contributed by atoms with E-state index in [1.807, 2.05) is 31.2 Å². The summed E-state index contributed by atoms with van der Waals surface area (Å²) in [5.41, 5.74) is 2.47. The van der Waals surface area contributed by atoms with Crippen LogP contribution in [0, 0.1) is 12.7 Å². The number of hydrogen-bond acceptors (Lipinski definition) is 6. The van der Waals surface area contributed by atoms with Crippen molar-refractivity contribution in [1.82, 2.24) is 30.3 Å². The number of aryl methyl sites for hydroxylation is 1. The van der Waals surface area contributed by atoms with Crippen molar-refractivity contribution in [3.05, 3.63) is 89.5 Å². The number of carbonyl (C=O) groups excluding carboxylic acids is 1. The molecule has 0 spiro atoms. The van der Waals surface area contributed by atoms with Crippen molar-refractivity contribution >= 4 is 33.7 Å². The van der Waals surface area contributed by atoms with Crippen molar-refractivity contribution in [2.24, 2.45) is 0 Å². The predicted octanol–water partition coefficient (Wildman–Crippen LogP) is 4.27. The average Bonchev–Trinajstić information content (AvgIpc) is 3.33. The fourth-order valence-electron chi connectivity index (χ4n) is 5.08. The Balaban J connectivity index is 1.42. The van der Waals surface area contributed by atoms with E-state index in [0.29, 0.717) is 29.1 Å². The van der Waals surface area contributed by atoms with Gasteiger partial charge in [-0.05, 0) is 61.5 Å². The average molecular weight is 496 g/mol.